The highest BCUT2D eigenvalue weighted by Gasteiger charge is 2.38. The quantitative estimate of drug-likeness (QED) is 0.194. The van der Waals surface area contributed by atoms with Crippen molar-refractivity contribution in [2.45, 2.75) is 119 Å². The number of hydrogen-bond donors (Lipinski definition) is 0. The Morgan fingerprint density at radius 2 is 1.42 bits per heavy atom. The molecule has 4 heteroatoms. The van der Waals surface area contributed by atoms with E-state index in [4.69, 9.17) is 9.47 Å². The van der Waals surface area contributed by atoms with E-state index in [1.807, 2.05) is 6.08 Å². The molecule has 0 aliphatic heterocycles. The fraction of sp³-hybridized carbons (Fsp3) is 0.778. The molecule has 31 heavy (non-hydrogen) atoms. The van der Waals surface area contributed by atoms with Crippen molar-refractivity contribution in [3.63, 3.8) is 0 Å². The summed E-state index contributed by atoms with van der Waals surface area (Å²) in [6.45, 7) is 13.2. The Kier molecular flexibility index (Phi) is 12.8. The van der Waals surface area contributed by atoms with Crippen LogP contribution in [0.3, 0.4) is 0 Å². The van der Waals surface area contributed by atoms with Crippen molar-refractivity contribution in [3.8, 4) is 0 Å². The molecule has 0 radical (unpaired) electrons. The Labute approximate surface area is 190 Å². The molecule has 0 bridgehead atoms. The Balaban J connectivity index is 2.93. The topological polar surface area (TPSA) is 52.6 Å². The Morgan fingerprint density at radius 3 is 1.90 bits per heavy atom. The van der Waals surface area contributed by atoms with Crippen LogP contribution in [0.2, 0.25) is 0 Å². The first-order valence-electron chi connectivity index (χ1n) is 12.6. The molecule has 0 amide bonds. The van der Waals surface area contributed by atoms with Gasteiger partial charge in [-0.1, -0.05) is 86.1 Å². The van der Waals surface area contributed by atoms with E-state index in [9.17, 15) is 9.59 Å². The molecule has 1 unspecified atom stereocenters. The van der Waals surface area contributed by atoms with Crippen LogP contribution in [-0.4, -0.2) is 11.9 Å². The minimum atomic E-state index is -0.242. The monoisotopic (exact) mass is 434 g/mol. The largest absolute Gasteiger partial charge is 0.427 e. The van der Waals surface area contributed by atoms with E-state index in [1.165, 1.54) is 0 Å². The van der Waals surface area contributed by atoms with Crippen molar-refractivity contribution in [1.82, 2.24) is 0 Å². The van der Waals surface area contributed by atoms with Crippen LogP contribution >= 0.6 is 0 Å². The summed E-state index contributed by atoms with van der Waals surface area (Å²) in [4.78, 5) is 24.9. The van der Waals surface area contributed by atoms with Gasteiger partial charge in [-0.2, -0.15) is 0 Å². The lowest BCUT2D eigenvalue weighted by Gasteiger charge is -2.39. The highest BCUT2D eigenvalue weighted by Crippen LogP contribution is 2.46. The van der Waals surface area contributed by atoms with Crippen LogP contribution in [-0.2, 0) is 19.1 Å². The first kappa shape index (κ1) is 27.5. The summed E-state index contributed by atoms with van der Waals surface area (Å²) in [7, 11) is 0. The maximum Gasteiger partial charge on any atom is 0.311 e. The summed E-state index contributed by atoms with van der Waals surface area (Å²) in [5, 5.41) is 0. The summed E-state index contributed by atoms with van der Waals surface area (Å²) < 4.78 is 11.5. The Bertz CT molecular complexity index is 615. The molecule has 0 aromatic rings. The lowest BCUT2D eigenvalue weighted by Crippen LogP contribution is -2.31. The van der Waals surface area contributed by atoms with Crippen molar-refractivity contribution < 1.29 is 19.1 Å². The lowest BCUT2D eigenvalue weighted by atomic mass is 9.67. The van der Waals surface area contributed by atoms with Gasteiger partial charge in [-0.15, -0.1) is 0 Å². The predicted octanol–water partition coefficient (Wildman–Crippen LogP) is 7.87. The molecule has 1 aliphatic rings. The first-order valence-corrected chi connectivity index (χ1v) is 12.6. The Morgan fingerprint density at radius 1 is 0.871 bits per heavy atom. The zero-order valence-electron chi connectivity index (χ0n) is 20.9. The third-order valence-electron chi connectivity index (χ3n) is 6.20. The molecule has 0 heterocycles. The number of esters is 2. The average Bonchev–Trinajstić information content (AvgIpc) is 2.70. The van der Waals surface area contributed by atoms with Gasteiger partial charge < -0.3 is 9.47 Å². The molecule has 0 aromatic heterocycles. The molecule has 0 spiro atoms. The molecule has 0 fully saturated rings. The summed E-state index contributed by atoms with van der Waals surface area (Å²) in [5.41, 5.74) is -0.0942. The Hall–Kier alpha value is -1.58. The lowest BCUT2D eigenvalue weighted by molar-refractivity contribution is -0.144. The molecule has 1 rings (SSSR count). The number of hydrogen-bond acceptors (Lipinski definition) is 4. The van der Waals surface area contributed by atoms with Crippen LogP contribution in [0, 0.1) is 17.3 Å². The second-order valence-corrected chi connectivity index (χ2v) is 9.85. The molecule has 1 aliphatic carbocycles. The maximum atomic E-state index is 12.5. The van der Waals surface area contributed by atoms with Gasteiger partial charge in [-0.25, -0.2) is 0 Å². The normalized spacial score (nSPS) is 18.7. The second kappa shape index (κ2) is 14.5. The minimum Gasteiger partial charge on any atom is -0.427 e. The van der Waals surface area contributed by atoms with Gasteiger partial charge in [0.15, 0.2) is 11.5 Å². The fourth-order valence-electron chi connectivity index (χ4n) is 4.24. The molecule has 0 saturated carbocycles. The van der Waals surface area contributed by atoms with Gasteiger partial charge in [0, 0.05) is 19.3 Å². The third kappa shape index (κ3) is 10.1. The molecule has 4 nitrogen and oxygen atoms in total. The van der Waals surface area contributed by atoms with E-state index in [-0.39, 0.29) is 17.4 Å². The number of unbranched alkanes of at least 4 members (excludes halogenated alkanes) is 6. The number of carbonyl (C=O) groups excluding carboxylic acids is 2. The number of carbonyl (C=O) groups is 2. The fourth-order valence-corrected chi connectivity index (χ4v) is 4.24. The molecule has 1 atom stereocenters. The molecule has 0 saturated heterocycles. The summed E-state index contributed by atoms with van der Waals surface area (Å²) in [5.74, 6) is 1.38. The predicted molar refractivity (Wildman–Crippen MR) is 127 cm³/mol. The molecule has 178 valence electrons. The van der Waals surface area contributed by atoms with Crippen LogP contribution in [0.5, 0.6) is 0 Å². The van der Waals surface area contributed by atoms with Crippen molar-refractivity contribution in [1.29, 1.82) is 0 Å². The highest BCUT2D eigenvalue weighted by molar-refractivity contribution is 5.72. The van der Waals surface area contributed by atoms with Crippen LogP contribution in [0.25, 0.3) is 0 Å². The summed E-state index contributed by atoms with van der Waals surface area (Å²) in [6.07, 6.45) is 14.7. The van der Waals surface area contributed by atoms with Gasteiger partial charge in [-0.05, 0) is 42.6 Å². The standard InChI is InChI=1S/C27H46O4/c1-7-9-11-13-15-25(28)30-23-17-18-27(22(5)6,19-21(3)4)20-24(23)31-26(29)16-14-12-10-8-2/h17-18,21-22H,7-16,19-20H2,1-6H3. The van der Waals surface area contributed by atoms with Crippen molar-refractivity contribution >= 4 is 11.9 Å². The third-order valence-corrected chi connectivity index (χ3v) is 6.20. The van der Waals surface area contributed by atoms with Gasteiger partial charge in [0.1, 0.15) is 0 Å². The zero-order valence-corrected chi connectivity index (χ0v) is 20.9. The van der Waals surface area contributed by atoms with Crippen molar-refractivity contribution in [3.05, 3.63) is 23.7 Å². The first-order chi connectivity index (χ1) is 14.7. The highest BCUT2D eigenvalue weighted by atomic mass is 16.6. The van der Waals surface area contributed by atoms with Crippen LogP contribution in [0.15, 0.2) is 23.7 Å². The smallest absolute Gasteiger partial charge is 0.311 e. The van der Waals surface area contributed by atoms with E-state index < -0.39 is 0 Å². The number of ether oxygens (including phenoxy) is 2. The average molecular weight is 435 g/mol. The van der Waals surface area contributed by atoms with Gasteiger partial charge in [0.05, 0.1) is 0 Å². The van der Waals surface area contributed by atoms with E-state index in [1.54, 1.807) is 0 Å². The van der Waals surface area contributed by atoms with Crippen molar-refractivity contribution in [2.75, 3.05) is 0 Å². The summed E-state index contributed by atoms with van der Waals surface area (Å²) in [6, 6.07) is 0. The second-order valence-electron chi connectivity index (χ2n) is 9.85. The van der Waals surface area contributed by atoms with Gasteiger partial charge in [0.25, 0.3) is 0 Å². The summed E-state index contributed by atoms with van der Waals surface area (Å²) >= 11 is 0. The van der Waals surface area contributed by atoms with Crippen LogP contribution < -0.4 is 0 Å². The van der Waals surface area contributed by atoms with Gasteiger partial charge in [-0.3, -0.25) is 9.59 Å². The van der Waals surface area contributed by atoms with Gasteiger partial charge >= 0.3 is 11.9 Å². The SMILES string of the molecule is CCCCCCC(=O)OC1=C(OC(=O)CCCCCC)CC(CC(C)C)(C(C)C)C=C1. The van der Waals surface area contributed by atoms with Crippen LogP contribution in [0.1, 0.15) is 119 Å². The van der Waals surface area contributed by atoms with E-state index >= 15 is 0 Å². The molecular formula is C27H46O4. The van der Waals surface area contributed by atoms with E-state index in [0.29, 0.717) is 42.6 Å². The van der Waals surface area contributed by atoms with E-state index in [0.717, 1.165) is 57.8 Å². The number of allylic oxidation sites excluding steroid dienone is 3. The zero-order chi connectivity index (χ0) is 23.3. The molecule has 0 aromatic carbocycles. The van der Waals surface area contributed by atoms with E-state index in [2.05, 4.69) is 47.6 Å². The number of rotatable bonds is 15. The minimum absolute atomic E-state index is 0.0942. The van der Waals surface area contributed by atoms with Gasteiger partial charge in [0.2, 0.25) is 0 Å². The molecule has 0 N–H and O–H groups in total. The van der Waals surface area contributed by atoms with Crippen molar-refractivity contribution in [2.24, 2.45) is 17.3 Å². The van der Waals surface area contributed by atoms with Crippen LogP contribution in [0.4, 0.5) is 0 Å². The molecular weight excluding hydrogens is 388 g/mol. The maximum absolute atomic E-state index is 12.5.